The molecule has 0 aromatic carbocycles. The van der Waals surface area contributed by atoms with Crippen molar-refractivity contribution in [2.24, 2.45) is 0 Å². The zero-order valence-electron chi connectivity index (χ0n) is 10.6. The Bertz CT molecular complexity index is 491. The van der Waals surface area contributed by atoms with E-state index in [0.29, 0.717) is 5.92 Å². The molecule has 1 atom stereocenters. The topological polar surface area (TPSA) is 44.8 Å². The summed E-state index contributed by atoms with van der Waals surface area (Å²) in [6, 6.07) is 0. The van der Waals surface area contributed by atoms with E-state index in [1.54, 1.807) is 11.3 Å². The summed E-state index contributed by atoms with van der Waals surface area (Å²) in [6.45, 7) is 5.50. The molecule has 3 heterocycles. The van der Waals surface area contributed by atoms with Crippen LogP contribution in [0.5, 0.6) is 0 Å². The average molecular weight is 262 g/mol. The molecule has 1 N–H and O–H groups in total. The summed E-state index contributed by atoms with van der Waals surface area (Å²) in [7, 11) is 0. The maximum atomic E-state index is 4.15. The number of hydrogen-bond donors (Lipinski definition) is 1. The minimum absolute atomic E-state index is 0.606. The van der Waals surface area contributed by atoms with Gasteiger partial charge >= 0.3 is 0 Å². The molecule has 1 saturated heterocycles. The van der Waals surface area contributed by atoms with Crippen molar-refractivity contribution < 1.29 is 0 Å². The van der Waals surface area contributed by atoms with Gasteiger partial charge in [-0.15, -0.1) is 11.3 Å². The smallest absolute Gasteiger partial charge is 0.0794 e. The quantitative estimate of drug-likeness (QED) is 0.924. The second-order valence-corrected chi connectivity index (χ2v) is 5.98. The predicted octanol–water partition coefficient (Wildman–Crippen LogP) is 2.55. The van der Waals surface area contributed by atoms with Gasteiger partial charge in [-0.1, -0.05) is 0 Å². The molecule has 0 spiro atoms. The minimum atomic E-state index is 0.606. The molecule has 0 saturated carbocycles. The van der Waals surface area contributed by atoms with Gasteiger partial charge in [-0.2, -0.15) is 5.10 Å². The lowest BCUT2D eigenvalue weighted by Crippen LogP contribution is -2.34. The van der Waals surface area contributed by atoms with Crippen molar-refractivity contribution in [3.63, 3.8) is 0 Å². The van der Waals surface area contributed by atoms with Crippen LogP contribution < -0.4 is 0 Å². The molecule has 2 aromatic rings. The second-order valence-electron chi connectivity index (χ2n) is 5.01. The third-order valence-electron chi connectivity index (χ3n) is 3.64. The van der Waals surface area contributed by atoms with E-state index in [1.165, 1.54) is 35.5 Å². The number of hydrogen-bond acceptors (Lipinski definition) is 4. The Hall–Kier alpha value is -1.20. The van der Waals surface area contributed by atoms with E-state index in [-0.39, 0.29) is 0 Å². The molecule has 1 fully saturated rings. The normalized spacial score (nSPS) is 21.3. The third kappa shape index (κ3) is 2.47. The number of likely N-dealkylation sites (tertiary alicyclic amines) is 1. The standard InChI is InChI=1S/C13H18N4S/c1-10-5-15-16-13(10)11-3-2-4-17(7-11)8-12-6-14-9-18-12/h5-6,9,11H,2-4,7-8H2,1H3,(H,15,16)/t11-/m0/s1. The number of rotatable bonds is 3. The lowest BCUT2D eigenvalue weighted by Gasteiger charge is -2.32. The first kappa shape index (κ1) is 11.9. The molecular formula is C13H18N4S. The molecule has 1 aliphatic heterocycles. The van der Waals surface area contributed by atoms with E-state index in [9.17, 15) is 0 Å². The van der Waals surface area contributed by atoms with Gasteiger partial charge in [-0.25, -0.2) is 0 Å². The zero-order valence-corrected chi connectivity index (χ0v) is 11.4. The van der Waals surface area contributed by atoms with Crippen molar-refractivity contribution >= 4 is 11.3 Å². The van der Waals surface area contributed by atoms with Crippen LogP contribution in [0.2, 0.25) is 0 Å². The zero-order chi connectivity index (χ0) is 12.4. The van der Waals surface area contributed by atoms with Crippen LogP contribution in [-0.2, 0) is 6.54 Å². The summed E-state index contributed by atoms with van der Waals surface area (Å²) < 4.78 is 0. The van der Waals surface area contributed by atoms with Crippen LogP contribution in [0.1, 0.15) is 34.9 Å². The first-order chi connectivity index (χ1) is 8.83. The van der Waals surface area contributed by atoms with E-state index < -0.39 is 0 Å². The van der Waals surface area contributed by atoms with Crippen molar-refractivity contribution in [1.29, 1.82) is 0 Å². The molecule has 4 nitrogen and oxygen atoms in total. The number of aromatic nitrogens is 3. The fourth-order valence-electron chi connectivity index (χ4n) is 2.74. The number of thiazole rings is 1. The third-order valence-corrected chi connectivity index (χ3v) is 4.41. The highest BCUT2D eigenvalue weighted by Crippen LogP contribution is 2.28. The van der Waals surface area contributed by atoms with E-state index in [2.05, 4.69) is 27.0 Å². The van der Waals surface area contributed by atoms with Crippen molar-refractivity contribution in [1.82, 2.24) is 20.1 Å². The van der Waals surface area contributed by atoms with Crippen molar-refractivity contribution in [2.75, 3.05) is 13.1 Å². The Morgan fingerprint density at radius 3 is 3.17 bits per heavy atom. The molecule has 0 unspecified atom stereocenters. The summed E-state index contributed by atoms with van der Waals surface area (Å²) in [4.78, 5) is 8.03. The Morgan fingerprint density at radius 1 is 1.50 bits per heavy atom. The lowest BCUT2D eigenvalue weighted by molar-refractivity contribution is 0.199. The number of aromatic amines is 1. The molecule has 0 amide bonds. The molecule has 0 bridgehead atoms. The van der Waals surface area contributed by atoms with Crippen molar-refractivity contribution in [2.45, 2.75) is 32.2 Å². The summed E-state index contributed by atoms with van der Waals surface area (Å²) in [6.07, 6.45) is 6.44. The number of aryl methyl sites for hydroxylation is 1. The van der Waals surface area contributed by atoms with Crippen LogP contribution in [0.3, 0.4) is 0 Å². The second kappa shape index (κ2) is 5.20. The summed E-state index contributed by atoms with van der Waals surface area (Å²) in [5, 5.41) is 7.31. The van der Waals surface area contributed by atoms with Crippen molar-refractivity contribution in [3.05, 3.63) is 34.0 Å². The molecule has 2 aromatic heterocycles. The van der Waals surface area contributed by atoms with E-state index in [0.717, 1.165) is 13.1 Å². The van der Waals surface area contributed by atoms with E-state index in [4.69, 9.17) is 0 Å². The fraction of sp³-hybridized carbons (Fsp3) is 0.538. The number of nitrogens with one attached hydrogen (secondary N) is 1. The molecule has 0 aliphatic carbocycles. The van der Waals surface area contributed by atoms with Gasteiger partial charge in [0.25, 0.3) is 0 Å². The number of piperidine rings is 1. The van der Waals surface area contributed by atoms with Crippen LogP contribution in [0.15, 0.2) is 17.9 Å². The van der Waals surface area contributed by atoms with Crippen molar-refractivity contribution in [3.8, 4) is 0 Å². The first-order valence-electron chi connectivity index (χ1n) is 6.42. The van der Waals surface area contributed by atoms with Crippen LogP contribution in [0, 0.1) is 6.92 Å². The monoisotopic (exact) mass is 262 g/mol. The Kier molecular flexibility index (Phi) is 3.43. The highest BCUT2D eigenvalue weighted by molar-refractivity contribution is 7.09. The minimum Gasteiger partial charge on any atom is -0.298 e. The molecule has 0 radical (unpaired) electrons. The van der Waals surface area contributed by atoms with Crippen LogP contribution in [-0.4, -0.2) is 33.2 Å². The Labute approximate surface area is 111 Å². The molecule has 96 valence electrons. The molecule has 3 rings (SSSR count). The van der Waals surface area contributed by atoms with E-state index >= 15 is 0 Å². The fourth-order valence-corrected chi connectivity index (χ4v) is 3.38. The predicted molar refractivity (Wildman–Crippen MR) is 72.7 cm³/mol. The highest BCUT2D eigenvalue weighted by Gasteiger charge is 2.23. The van der Waals surface area contributed by atoms with Gasteiger partial charge < -0.3 is 0 Å². The Balaban J connectivity index is 1.67. The van der Waals surface area contributed by atoms with Crippen LogP contribution in [0.4, 0.5) is 0 Å². The summed E-state index contributed by atoms with van der Waals surface area (Å²) in [5.41, 5.74) is 4.53. The van der Waals surface area contributed by atoms with Gasteiger partial charge in [0.15, 0.2) is 0 Å². The summed E-state index contributed by atoms with van der Waals surface area (Å²) >= 11 is 1.75. The molecule has 1 aliphatic rings. The first-order valence-corrected chi connectivity index (χ1v) is 7.30. The number of nitrogens with zero attached hydrogens (tertiary/aromatic N) is 3. The largest absolute Gasteiger partial charge is 0.298 e. The maximum absolute atomic E-state index is 4.15. The Morgan fingerprint density at radius 2 is 2.44 bits per heavy atom. The highest BCUT2D eigenvalue weighted by atomic mass is 32.1. The maximum Gasteiger partial charge on any atom is 0.0794 e. The molecule has 5 heteroatoms. The van der Waals surface area contributed by atoms with Crippen LogP contribution in [0.25, 0.3) is 0 Å². The molecule has 18 heavy (non-hydrogen) atoms. The van der Waals surface area contributed by atoms with E-state index in [1.807, 2.05) is 17.9 Å². The van der Waals surface area contributed by atoms with Gasteiger partial charge in [0, 0.05) is 35.8 Å². The molecular weight excluding hydrogens is 244 g/mol. The van der Waals surface area contributed by atoms with Gasteiger partial charge in [-0.3, -0.25) is 15.0 Å². The van der Waals surface area contributed by atoms with Crippen LogP contribution >= 0.6 is 11.3 Å². The SMILES string of the molecule is Cc1cn[nH]c1[C@H]1CCCN(Cc2cncs2)C1. The van der Waals surface area contributed by atoms with Gasteiger partial charge in [-0.05, 0) is 31.9 Å². The summed E-state index contributed by atoms with van der Waals surface area (Å²) in [5.74, 6) is 0.606. The average Bonchev–Trinajstić information content (AvgIpc) is 3.01. The van der Waals surface area contributed by atoms with Gasteiger partial charge in [0.05, 0.1) is 11.7 Å². The number of H-pyrrole nitrogens is 1. The van der Waals surface area contributed by atoms with Gasteiger partial charge in [0.1, 0.15) is 0 Å². The lowest BCUT2D eigenvalue weighted by atomic mass is 9.93. The van der Waals surface area contributed by atoms with Gasteiger partial charge in [0.2, 0.25) is 0 Å².